The molecule has 0 aliphatic rings. The van der Waals surface area contributed by atoms with Gasteiger partial charge in [-0.2, -0.15) is 0 Å². The lowest BCUT2D eigenvalue weighted by Gasteiger charge is -2.09. The number of aliphatic hydroxyl groups is 1. The zero-order valence-electron chi connectivity index (χ0n) is 7.70. The van der Waals surface area contributed by atoms with Gasteiger partial charge in [-0.15, -0.1) is 0 Å². The molecular weight excluding hydrogens is 232 g/mol. The summed E-state index contributed by atoms with van der Waals surface area (Å²) >= 11 is 3.29. The van der Waals surface area contributed by atoms with Crippen molar-refractivity contribution in [2.45, 2.75) is 25.0 Å². The van der Waals surface area contributed by atoms with Crippen LogP contribution in [0.1, 0.15) is 25.5 Å². The number of alkyl halides is 1. The molecule has 72 valence electrons. The fourth-order valence-corrected chi connectivity index (χ4v) is 1.23. The number of aliphatic hydroxyl groups excluding tert-OH is 1. The van der Waals surface area contributed by atoms with Crippen LogP contribution in [-0.4, -0.2) is 10.1 Å². The molecule has 0 amide bonds. The zero-order valence-corrected chi connectivity index (χ0v) is 9.28. The molecule has 0 aliphatic heterocycles. The van der Waals surface area contributed by atoms with Crippen LogP contribution < -0.4 is 4.74 Å². The first-order valence-corrected chi connectivity index (χ1v) is 5.10. The van der Waals surface area contributed by atoms with E-state index in [0.717, 1.165) is 11.3 Å². The van der Waals surface area contributed by atoms with Gasteiger partial charge in [0, 0.05) is 0 Å². The van der Waals surface area contributed by atoms with Crippen molar-refractivity contribution < 1.29 is 9.84 Å². The summed E-state index contributed by atoms with van der Waals surface area (Å²) in [4.78, 5) is 0. The molecule has 0 saturated carbocycles. The fourth-order valence-electron chi connectivity index (χ4n) is 1.01. The van der Waals surface area contributed by atoms with Gasteiger partial charge in [0.2, 0.25) is 0 Å². The van der Waals surface area contributed by atoms with E-state index >= 15 is 0 Å². The Bertz CT molecular complexity index is 254. The summed E-state index contributed by atoms with van der Waals surface area (Å²) in [7, 11) is 0. The van der Waals surface area contributed by atoms with Gasteiger partial charge < -0.3 is 9.84 Å². The van der Waals surface area contributed by atoms with E-state index in [1.165, 1.54) is 0 Å². The minimum absolute atomic E-state index is 0.00454. The lowest BCUT2D eigenvalue weighted by Crippen LogP contribution is -2.01. The Labute approximate surface area is 86.7 Å². The molecule has 2 atom stereocenters. The molecule has 1 rings (SSSR count). The van der Waals surface area contributed by atoms with Gasteiger partial charge in [0.05, 0.1) is 6.10 Å². The van der Waals surface area contributed by atoms with Crippen LogP contribution in [-0.2, 0) is 0 Å². The molecule has 0 radical (unpaired) electrons. The minimum Gasteiger partial charge on any atom is -0.480 e. The largest absolute Gasteiger partial charge is 0.480 e. The van der Waals surface area contributed by atoms with E-state index < -0.39 is 6.10 Å². The highest BCUT2D eigenvalue weighted by atomic mass is 79.9. The summed E-state index contributed by atoms with van der Waals surface area (Å²) in [6.07, 6.45) is -0.421. The van der Waals surface area contributed by atoms with Crippen LogP contribution in [0.2, 0.25) is 0 Å². The van der Waals surface area contributed by atoms with Crippen molar-refractivity contribution in [3.05, 3.63) is 29.8 Å². The second kappa shape index (κ2) is 4.63. The van der Waals surface area contributed by atoms with Gasteiger partial charge in [-0.3, -0.25) is 0 Å². The smallest absolute Gasteiger partial charge is 0.150 e. The highest BCUT2D eigenvalue weighted by Gasteiger charge is 2.01. The average molecular weight is 245 g/mol. The molecule has 0 aromatic heterocycles. The van der Waals surface area contributed by atoms with Gasteiger partial charge in [-0.05, 0) is 47.5 Å². The first-order chi connectivity index (χ1) is 6.09. The Balaban J connectivity index is 2.70. The molecule has 1 N–H and O–H groups in total. The van der Waals surface area contributed by atoms with Gasteiger partial charge in [0.15, 0.2) is 5.01 Å². The molecule has 0 heterocycles. The fraction of sp³-hybridized carbons (Fsp3) is 0.400. The third-order valence-electron chi connectivity index (χ3n) is 1.66. The van der Waals surface area contributed by atoms with Crippen molar-refractivity contribution in [3.63, 3.8) is 0 Å². The second-order valence-electron chi connectivity index (χ2n) is 2.91. The number of hydrogen-bond donors (Lipinski definition) is 1. The van der Waals surface area contributed by atoms with E-state index in [-0.39, 0.29) is 5.01 Å². The first kappa shape index (κ1) is 10.5. The number of halogens is 1. The lowest BCUT2D eigenvalue weighted by atomic mass is 10.1. The van der Waals surface area contributed by atoms with Crippen LogP contribution in [0.4, 0.5) is 0 Å². The molecule has 0 spiro atoms. The summed E-state index contributed by atoms with van der Waals surface area (Å²) in [6.45, 7) is 3.64. The molecule has 13 heavy (non-hydrogen) atoms. The molecule has 0 saturated heterocycles. The van der Waals surface area contributed by atoms with Crippen molar-refractivity contribution >= 4 is 15.9 Å². The SMILES string of the molecule is CC(Br)Oc1ccc(C(C)O)cc1. The molecule has 0 bridgehead atoms. The Morgan fingerprint density at radius 1 is 1.23 bits per heavy atom. The number of hydrogen-bond acceptors (Lipinski definition) is 2. The maximum atomic E-state index is 9.25. The van der Waals surface area contributed by atoms with Crippen molar-refractivity contribution in [3.8, 4) is 5.75 Å². The van der Waals surface area contributed by atoms with Crippen molar-refractivity contribution in [1.82, 2.24) is 0 Å². The number of rotatable bonds is 3. The summed E-state index contributed by atoms with van der Waals surface area (Å²) in [6, 6.07) is 7.41. The predicted molar refractivity (Wildman–Crippen MR) is 56.1 cm³/mol. The van der Waals surface area contributed by atoms with Gasteiger partial charge >= 0.3 is 0 Å². The minimum atomic E-state index is -0.421. The Kier molecular flexibility index (Phi) is 3.75. The van der Waals surface area contributed by atoms with Crippen LogP contribution in [0.5, 0.6) is 5.75 Å². The maximum Gasteiger partial charge on any atom is 0.150 e. The van der Waals surface area contributed by atoms with Gasteiger partial charge in [0.25, 0.3) is 0 Å². The van der Waals surface area contributed by atoms with E-state index in [2.05, 4.69) is 15.9 Å². The van der Waals surface area contributed by atoms with Gasteiger partial charge in [0.1, 0.15) is 5.75 Å². The molecular formula is C10H13BrO2. The second-order valence-corrected chi connectivity index (χ2v) is 4.20. The summed E-state index contributed by atoms with van der Waals surface area (Å²) < 4.78 is 5.38. The monoisotopic (exact) mass is 244 g/mol. The number of benzene rings is 1. The summed E-state index contributed by atoms with van der Waals surface area (Å²) in [5, 5.41) is 9.25. The van der Waals surface area contributed by atoms with Gasteiger partial charge in [-0.1, -0.05) is 12.1 Å². The van der Waals surface area contributed by atoms with E-state index in [4.69, 9.17) is 4.74 Å². The lowest BCUT2D eigenvalue weighted by molar-refractivity contribution is 0.199. The molecule has 1 aromatic rings. The van der Waals surface area contributed by atoms with Crippen LogP contribution in [0, 0.1) is 0 Å². The zero-order chi connectivity index (χ0) is 9.84. The Morgan fingerprint density at radius 3 is 2.15 bits per heavy atom. The van der Waals surface area contributed by atoms with E-state index in [1.54, 1.807) is 6.92 Å². The molecule has 0 aliphatic carbocycles. The molecule has 2 unspecified atom stereocenters. The van der Waals surface area contributed by atoms with Crippen molar-refractivity contribution in [2.75, 3.05) is 0 Å². The standard InChI is InChI=1S/C10H13BrO2/c1-7(12)9-3-5-10(6-4-9)13-8(2)11/h3-8,12H,1-2H3. The van der Waals surface area contributed by atoms with E-state index in [0.29, 0.717) is 0 Å². The third kappa shape index (κ3) is 3.36. The van der Waals surface area contributed by atoms with E-state index in [9.17, 15) is 5.11 Å². The number of ether oxygens (including phenoxy) is 1. The normalized spacial score (nSPS) is 15.1. The molecule has 0 fully saturated rings. The van der Waals surface area contributed by atoms with Crippen LogP contribution in [0.15, 0.2) is 24.3 Å². The maximum absolute atomic E-state index is 9.25. The molecule has 3 heteroatoms. The topological polar surface area (TPSA) is 29.5 Å². The van der Waals surface area contributed by atoms with Crippen molar-refractivity contribution in [2.24, 2.45) is 0 Å². The predicted octanol–water partition coefficient (Wildman–Crippen LogP) is 2.86. The van der Waals surface area contributed by atoms with Crippen LogP contribution in [0.3, 0.4) is 0 Å². The quantitative estimate of drug-likeness (QED) is 0.829. The highest BCUT2D eigenvalue weighted by Crippen LogP contribution is 2.19. The van der Waals surface area contributed by atoms with Gasteiger partial charge in [-0.25, -0.2) is 0 Å². The Hall–Kier alpha value is -0.540. The average Bonchev–Trinajstić information content (AvgIpc) is 2.04. The summed E-state index contributed by atoms with van der Waals surface area (Å²) in [5.74, 6) is 0.800. The van der Waals surface area contributed by atoms with E-state index in [1.807, 2.05) is 31.2 Å². The van der Waals surface area contributed by atoms with Crippen LogP contribution >= 0.6 is 15.9 Å². The molecule has 2 nitrogen and oxygen atoms in total. The van der Waals surface area contributed by atoms with Crippen molar-refractivity contribution in [1.29, 1.82) is 0 Å². The van der Waals surface area contributed by atoms with Crippen LogP contribution in [0.25, 0.3) is 0 Å². The molecule has 1 aromatic carbocycles. The Morgan fingerprint density at radius 2 is 1.77 bits per heavy atom. The summed E-state index contributed by atoms with van der Waals surface area (Å²) in [5.41, 5.74) is 0.898. The highest BCUT2D eigenvalue weighted by molar-refractivity contribution is 9.09. The third-order valence-corrected chi connectivity index (χ3v) is 1.85. The first-order valence-electron chi connectivity index (χ1n) is 4.18.